The van der Waals surface area contributed by atoms with E-state index >= 15 is 0 Å². The zero-order valence-corrected chi connectivity index (χ0v) is 14.0. The summed E-state index contributed by atoms with van der Waals surface area (Å²) in [6, 6.07) is 14.8. The third-order valence-corrected chi connectivity index (χ3v) is 4.03. The van der Waals surface area contributed by atoms with Crippen LogP contribution in [-0.2, 0) is 0 Å². The van der Waals surface area contributed by atoms with Gasteiger partial charge in [0, 0.05) is 43.1 Å². The van der Waals surface area contributed by atoms with Crippen LogP contribution >= 0.6 is 0 Å². The first-order valence-corrected chi connectivity index (χ1v) is 8.07. The summed E-state index contributed by atoms with van der Waals surface area (Å²) in [6.07, 6.45) is 4.04. The zero-order chi connectivity index (χ0) is 17.6. The van der Waals surface area contributed by atoms with Crippen molar-refractivity contribution in [2.75, 3.05) is 25.1 Å². The summed E-state index contributed by atoms with van der Waals surface area (Å²) in [7, 11) is 1.98. The molecule has 0 fully saturated rings. The van der Waals surface area contributed by atoms with Crippen LogP contribution in [0, 0.1) is 10.1 Å². The van der Waals surface area contributed by atoms with Crippen molar-refractivity contribution in [3.63, 3.8) is 0 Å². The van der Waals surface area contributed by atoms with E-state index in [1.54, 1.807) is 18.5 Å². The van der Waals surface area contributed by atoms with Gasteiger partial charge in [-0.05, 0) is 30.7 Å². The van der Waals surface area contributed by atoms with Crippen molar-refractivity contribution in [3.05, 3.63) is 71.0 Å². The highest BCUT2D eigenvalue weighted by molar-refractivity contribution is 5.99. The molecule has 0 amide bonds. The van der Waals surface area contributed by atoms with Crippen molar-refractivity contribution < 1.29 is 9.66 Å². The number of fused-ring (bicyclic) bond motifs is 1. The third-order valence-electron chi connectivity index (χ3n) is 4.03. The lowest BCUT2D eigenvalue weighted by atomic mass is 10.1. The Morgan fingerprint density at radius 2 is 1.92 bits per heavy atom. The predicted octanol–water partition coefficient (Wildman–Crippen LogP) is 4.05. The van der Waals surface area contributed by atoms with Crippen LogP contribution in [0.2, 0.25) is 0 Å². The molecule has 0 N–H and O–H groups in total. The maximum absolute atomic E-state index is 11.2. The summed E-state index contributed by atoms with van der Waals surface area (Å²) in [4.78, 5) is 16.9. The van der Waals surface area contributed by atoms with Gasteiger partial charge in [-0.15, -0.1) is 0 Å². The van der Waals surface area contributed by atoms with Gasteiger partial charge in [0.25, 0.3) is 5.69 Å². The van der Waals surface area contributed by atoms with E-state index in [1.807, 2.05) is 43.4 Å². The molecule has 0 spiro atoms. The molecule has 0 saturated carbocycles. The average molecular weight is 337 g/mol. The van der Waals surface area contributed by atoms with Crippen LogP contribution in [0.5, 0.6) is 5.75 Å². The maximum atomic E-state index is 11.2. The number of nitro benzene ring substituents is 1. The number of hydrogen-bond donors (Lipinski definition) is 0. The fourth-order valence-electron chi connectivity index (χ4n) is 2.78. The molecule has 0 aliphatic heterocycles. The first kappa shape index (κ1) is 16.7. The molecule has 3 rings (SSSR count). The number of ether oxygens (including phenoxy) is 1. The number of nitro groups is 1. The molecular weight excluding hydrogens is 318 g/mol. The number of benzene rings is 2. The second-order valence-corrected chi connectivity index (χ2v) is 5.72. The topological polar surface area (TPSA) is 68.5 Å². The molecule has 2 aromatic carbocycles. The molecule has 128 valence electrons. The zero-order valence-electron chi connectivity index (χ0n) is 14.0. The fourth-order valence-corrected chi connectivity index (χ4v) is 2.78. The molecule has 3 aromatic rings. The smallest absolute Gasteiger partial charge is 0.278 e. The van der Waals surface area contributed by atoms with Crippen LogP contribution in [0.15, 0.2) is 60.9 Å². The Balaban J connectivity index is 1.69. The maximum Gasteiger partial charge on any atom is 0.278 e. The van der Waals surface area contributed by atoms with Gasteiger partial charge in [-0.2, -0.15) is 0 Å². The Morgan fingerprint density at radius 1 is 1.12 bits per heavy atom. The fraction of sp³-hybridized carbons (Fsp3) is 0.211. The summed E-state index contributed by atoms with van der Waals surface area (Å²) in [6.45, 7) is 1.39. The lowest BCUT2D eigenvalue weighted by molar-refractivity contribution is -0.383. The van der Waals surface area contributed by atoms with Crippen molar-refractivity contribution >= 4 is 22.1 Å². The molecule has 1 heterocycles. The second kappa shape index (κ2) is 7.61. The van der Waals surface area contributed by atoms with Crippen LogP contribution in [0.1, 0.15) is 6.42 Å². The van der Waals surface area contributed by atoms with Crippen LogP contribution in [-0.4, -0.2) is 30.1 Å². The largest absolute Gasteiger partial charge is 0.494 e. The highest BCUT2D eigenvalue weighted by Crippen LogP contribution is 2.32. The van der Waals surface area contributed by atoms with E-state index in [9.17, 15) is 10.1 Å². The van der Waals surface area contributed by atoms with Gasteiger partial charge in [0.05, 0.1) is 16.9 Å². The summed E-state index contributed by atoms with van der Waals surface area (Å²) in [5.74, 6) is 0.858. The summed E-state index contributed by atoms with van der Waals surface area (Å²) >= 11 is 0. The standard InChI is InChI=1S/C19H19N3O3/c1-21(12-5-13-25-15-6-3-2-4-7-15)18-8-9-19(22(23)24)17-14-20-11-10-16(17)18/h2-4,6-11,14H,5,12-13H2,1H3. The molecule has 6 heteroatoms. The summed E-state index contributed by atoms with van der Waals surface area (Å²) < 4.78 is 5.70. The lowest BCUT2D eigenvalue weighted by Gasteiger charge is -2.21. The number of para-hydroxylation sites is 1. The third kappa shape index (κ3) is 3.85. The number of rotatable bonds is 7. The van der Waals surface area contributed by atoms with Crippen LogP contribution < -0.4 is 9.64 Å². The van der Waals surface area contributed by atoms with E-state index in [1.165, 1.54) is 6.07 Å². The van der Waals surface area contributed by atoms with E-state index in [2.05, 4.69) is 9.88 Å². The Bertz CT molecular complexity index is 868. The van der Waals surface area contributed by atoms with Gasteiger partial charge in [-0.1, -0.05) is 18.2 Å². The number of aromatic nitrogens is 1. The highest BCUT2D eigenvalue weighted by Gasteiger charge is 2.16. The van der Waals surface area contributed by atoms with E-state index in [-0.39, 0.29) is 10.6 Å². The highest BCUT2D eigenvalue weighted by atomic mass is 16.6. The summed E-state index contributed by atoms with van der Waals surface area (Å²) in [5.41, 5.74) is 1.02. The minimum absolute atomic E-state index is 0.0765. The SMILES string of the molecule is CN(CCCOc1ccccc1)c1ccc([N+](=O)[O-])c2cnccc12. The minimum atomic E-state index is -0.374. The Labute approximate surface area is 145 Å². The molecule has 0 aliphatic carbocycles. The molecule has 0 unspecified atom stereocenters. The Kier molecular flexibility index (Phi) is 5.09. The number of hydrogen-bond acceptors (Lipinski definition) is 5. The molecule has 6 nitrogen and oxygen atoms in total. The predicted molar refractivity (Wildman–Crippen MR) is 98.2 cm³/mol. The van der Waals surface area contributed by atoms with Crippen molar-refractivity contribution in [1.82, 2.24) is 4.98 Å². The lowest BCUT2D eigenvalue weighted by Crippen LogP contribution is -2.20. The van der Waals surface area contributed by atoms with Gasteiger partial charge in [-0.3, -0.25) is 15.1 Å². The van der Waals surface area contributed by atoms with Crippen molar-refractivity contribution in [3.8, 4) is 5.75 Å². The number of pyridine rings is 1. The van der Waals surface area contributed by atoms with Crippen LogP contribution in [0.25, 0.3) is 10.8 Å². The van der Waals surface area contributed by atoms with E-state index in [4.69, 9.17) is 4.74 Å². The van der Waals surface area contributed by atoms with E-state index in [0.717, 1.165) is 29.8 Å². The quantitative estimate of drug-likeness (QED) is 0.370. The second-order valence-electron chi connectivity index (χ2n) is 5.72. The monoisotopic (exact) mass is 337 g/mol. The summed E-state index contributed by atoms with van der Waals surface area (Å²) in [5, 5.41) is 12.6. The molecule has 1 aromatic heterocycles. The van der Waals surface area contributed by atoms with E-state index < -0.39 is 0 Å². The molecular formula is C19H19N3O3. The molecule has 0 atom stereocenters. The average Bonchev–Trinajstić information content (AvgIpc) is 2.65. The molecule has 0 radical (unpaired) electrons. The van der Waals surface area contributed by atoms with Crippen molar-refractivity contribution in [2.45, 2.75) is 6.42 Å². The first-order chi connectivity index (χ1) is 12.2. The molecule has 25 heavy (non-hydrogen) atoms. The Hall–Kier alpha value is -3.15. The van der Waals surface area contributed by atoms with Crippen molar-refractivity contribution in [1.29, 1.82) is 0 Å². The number of non-ortho nitro benzene ring substituents is 1. The molecule has 0 saturated heterocycles. The minimum Gasteiger partial charge on any atom is -0.494 e. The van der Waals surface area contributed by atoms with Crippen LogP contribution in [0.4, 0.5) is 11.4 Å². The molecule has 0 bridgehead atoms. The molecule has 0 aliphatic rings. The Morgan fingerprint density at radius 3 is 2.68 bits per heavy atom. The normalized spacial score (nSPS) is 10.6. The number of anilines is 1. The van der Waals surface area contributed by atoms with Gasteiger partial charge in [0.2, 0.25) is 0 Å². The van der Waals surface area contributed by atoms with Gasteiger partial charge in [0.15, 0.2) is 0 Å². The van der Waals surface area contributed by atoms with Gasteiger partial charge >= 0.3 is 0 Å². The van der Waals surface area contributed by atoms with Crippen LogP contribution in [0.3, 0.4) is 0 Å². The van der Waals surface area contributed by atoms with Crippen molar-refractivity contribution in [2.24, 2.45) is 0 Å². The van der Waals surface area contributed by atoms with Gasteiger partial charge in [-0.25, -0.2) is 0 Å². The number of nitrogens with zero attached hydrogens (tertiary/aromatic N) is 3. The van der Waals surface area contributed by atoms with E-state index in [0.29, 0.717) is 12.0 Å². The van der Waals surface area contributed by atoms with Gasteiger partial charge < -0.3 is 9.64 Å². The van der Waals surface area contributed by atoms with Gasteiger partial charge in [0.1, 0.15) is 5.75 Å². The first-order valence-electron chi connectivity index (χ1n) is 8.07.